The van der Waals surface area contributed by atoms with Gasteiger partial charge in [0.15, 0.2) is 0 Å². The third-order valence-corrected chi connectivity index (χ3v) is 3.89. The summed E-state index contributed by atoms with van der Waals surface area (Å²) in [7, 11) is -3.26. The van der Waals surface area contributed by atoms with Crippen molar-refractivity contribution in [1.29, 1.82) is 0 Å². The molecule has 0 aliphatic carbocycles. The van der Waals surface area contributed by atoms with Gasteiger partial charge in [0.25, 0.3) is 0 Å². The van der Waals surface area contributed by atoms with Gasteiger partial charge in [-0.25, -0.2) is 13.1 Å². The standard InChI is InChI=1S/C11H16ClNO3S/c12-5-2-6-17(15,16)13-8-10-3-1-4-11(7-10)9-14/h1,3-4,7,13-14H,2,5-6,8-9H2. The molecule has 2 N–H and O–H groups in total. The van der Waals surface area contributed by atoms with E-state index in [1.807, 2.05) is 6.07 Å². The highest BCUT2D eigenvalue weighted by atomic mass is 35.5. The lowest BCUT2D eigenvalue weighted by atomic mass is 10.1. The van der Waals surface area contributed by atoms with Gasteiger partial charge in [0, 0.05) is 12.4 Å². The van der Waals surface area contributed by atoms with Crippen LogP contribution in [0.25, 0.3) is 0 Å². The zero-order chi connectivity index (χ0) is 12.7. The largest absolute Gasteiger partial charge is 0.392 e. The van der Waals surface area contributed by atoms with Gasteiger partial charge in [0.1, 0.15) is 0 Å². The normalized spacial score (nSPS) is 11.6. The van der Waals surface area contributed by atoms with Crippen molar-refractivity contribution in [3.05, 3.63) is 35.4 Å². The van der Waals surface area contributed by atoms with Crippen LogP contribution in [-0.2, 0) is 23.2 Å². The Hall–Kier alpha value is -0.620. The third-order valence-electron chi connectivity index (χ3n) is 2.22. The summed E-state index contributed by atoms with van der Waals surface area (Å²) in [6.45, 7) is 0.186. The van der Waals surface area contributed by atoms with Gasteiger partial charge in [-0.15, -0.1) is 11.6 Å². The molecule has 0 spiro atoms. The Morgan fingerprint density at radius 1 is 1.29 bits per heavy atom. The minimum Gasteiger partial charge on any atom is -0.392 e. The molecule has 0 unspecified atom stereocenters. The number of nitrogens with one attached hydrogen (secondary N) is 1. The van der Waals surface area contributed by atoms with Crippen LogP contribution >= 0.6 is 11.6 Å². The fraction of sp³-hybridized carbons (Fsp3) is 0.455. The van der Waals surface area contributed by atoms with Crippen molar-refractivity contribution in [3.63, 3.8) is 0 Å². The first-order valence-corrected chi connectivity index (χ1v) is 7.48. The molecule has 0 amide bonds. The van der Waals surface area contributed by atoms with E-state index in [1.165, 1.54) is 0 Å². The van der Waals surface area contributed by atoms with Crippen molar-refractivity contribution in [2.24, 2.45) is 0 Å². The topological polar surface area (TPSA) is 66.4 Å². The van der Waals surface area contributed by atoms with Gasteiger partial charge >= 0.3 is 0 Å². The maximum atomic E-state index is 11.5. The van der Waals surface area contributed by atoms with Gasteiger partial charge in [0.2, 0.25) is 10.0 Å². The average Bonchev–Trinajstić information content (AvgIpc) is 2.34. The first kappa shape index (κ1) is 14.4. The van der Waals surface area contributed by atoms with E-state index in [1.54, 1.807) is 18.2 Å². The van der Waals surface area contributed by atoms with Crippen LogP contribution in [0.5, 0.6) is 0 Å². The van der Waals surface area contributed by atoms with E-state index in [9.17, 15) is 8.42 Å². The van der Waals surface area contributed by atoms with Gasteiger partial charge in [-0.2, -0.15) is 0 Å². The number of alkyl halides is 1. The minimum atomic E-state index is -3.26. The zero-order valence-corrected chi connectivity index (χ0v) is 11.0. The third kappa shape index (κ3) is 5.50. The quantitative estimate of drug-likeness (QED) is 0.737. The molecular formula is C11H16ClNO3S. The Morgan fingerprint density at radius 2 is 2.00 bits per heavy atom. The number of aliphatic hydroxyl groups is 1. The highest BCUT2D eigenvalue weighted by Gasteiger charge is 2.08. The van der Waals surface area contributed by atoms with E-state index in [0.29, 0.717) is 12.3 Å². The fourth-order valence-electron chi connectivity index (χ4n) is 1.35. The molecule has 4 nitrogen and oxygen atoms in total. The van der Waals surface area contributed by atoms with Crippen molar-refractivity contribution in [2.45, 2.75) is 19.6 Å². The predicted octanol–water partition coefficient (Wildman–Crippen LogP) is 1.23. The number of rotatable bonds is 7. The summed E-state index contributed by atoms with van der Waals surface area (Å²) < 4.78 is 25.5. The summed E-state index contributed by atoms with van der Waals surface area (Å²) in [6, 6.07) is 7.15. The minimum absolute atomic E-state index is 0.0379. The van der Waals surface area contributed by atoms with E-state index < -0.39 is 10.0 Å². The molecule has 0 saturated heterocycles. The Morgan fingerprint density at radius 3 is 2.65 bits per heavy atom. The average molecular weight is 278 g/mol. The van der Waals surface area contributed by atoms with Gasteiger partial charge in [-0.05, 0) is 17.5 Å². The van der Waals surface area contributed by atoms with E-state index in [4.69, 9.17) is 16.7 Å². The first-order chi connectivity index (χ1) is 8.07. The molecule has 1 aromatic rings. The van der Waals surface area contributed by atoms with Crippen molar-refractivity contribution in [2.75, 3.05) is 11.6 Å². The Balaban J connectivity index is 2.54. The second-order valence-electron chi connectivity index (χ2n) is 3.66. The lowest BCUT2D eigenvalue weighted by Gasteiger charge is -2.06. The number of halogens is 1. The molecule has 1 aromatic carbocycles. The Labute approximate surface area is 107 Å². The number of aliphatic hydroxyl groups excluding tert-OH is 1. The van der Waals surface area contributed by atoms with Crippen LogP contribution in [0.4, 0.5) is 0 Å². The predicted molar refractivity (Wildman–Crippen MR) is 68.3 cm³/mol. The van der Waals surface area contributed by atoms with Gasteiger partial charge in [0.05, 0.1) is 12.4 Å². The van der Waals surface area contributed by atoms with Crippen molar-refractivity contribution >= 4 is 21.6 Å². The summed E-state index contributed by atoms with van der Waals surface area (Å²) >= 11 is 5.44. The fourth-order valence-corrected chi connectivity index (χ4v) is 2.70. The first-order valence-electron chi connectivity index (χ1n) is 5.29. The summed E-state index contributed by atoms with van der Waals surface area (Å²) in [4.78, 5) is 0. The Bertz CT molecular complexity index is 448. The van der Waals surface area contributed by atoms with E-state index in [2.05, 4.69) is 4.72 Å². The second kappa shape index (κ2) is 6.96. The zero-order valence-electron chi connectivity index (χ0n) is 9.39. The van der Waals surface area contributed by atoms with Crippen LogP contribution in [-0.4, -0.2) is 25.2 Å². The SMILES string of the molecule is O=S(=O)(CCCCl)NCc1cccc(CO)c1. The smallest absolute Gasteiger partial charge is 0.211 e. The number of benzene rings is 1. The molecule has 0 heterocycles. The van der Waals surface area contributed by atoms with Crippen molar-refractivity contribution in [1.82, 2.24) is 4.72 Å². The number of hydrogen-bond acceptors (Lipinski definition) is 3. The summed E-state index contributed by atoms with van der Waals surface area (Å²) in [5, 5.41) is 8.95. The molecule has 17 heavy (non-hydrogen) atoms. The molecule has 96 valence electrons. The van der Waals surface area contributed by atoms with E-state index in [0.717, 1.165) is 11.1 Å². The van der Waals surface area contributed by atoms with Crippen molar-refractivity contribution < 1.29 is 13.5 Å². The molecule has 0 radical (unpaired) electrons. The number of hydrogen-bond donors (Lipinski definition) is 2. The summed E-state index contributed by atoms with van der Waals surface area (Å²) in [5.41, 5.74) is 1.59. The van der Waals surface area contributed by atoms with Gasteiger partial charge in [-0.1, -0.05) is 24.3 Å². The van der Waals surface area contributed by atoms with Gasteiger partial charge in [-0.3, -0.25) is 0 Å². The van der Waals surface area contributed by atoms with E-state index in [-0.39, 0.29) is 18.9 Å². The lowest BCUT2D eigenvalue weighted by molar-refractivity contribution is 0.281. The summed E-state index contributed by atoms with van der Waals surface area (Å²) in [6.07, 6.45) is 0.438. The van der Waals surface area contributed by atoms with Crippen LogP contribution in [0.2, 0.25) is 0 Å². The molecular weight excluding hydrogens is 262 g/mol. The second-order valence-corrected chi connectivity index (χ2v) is 5.96. The van der Waals surface area contributed by atoms with Crippen LogP contribution < -0.4 is 4.72 Å². The van der Waals surface area contributed by atoms with Crippen LogP contribution in [0.3, 0.4) is 0 Å². The molecule has 0 aliphatic rings. The van der Waals surface area contributed by atoms with E-state index >= 15 is 0 Å². The Kier molecular flexibility index (Phi) is 5.91. The number of sulfonamides is 1. The van der Waals surface area contributed by atoms with Crippen molar-refractivity contribution in [3.8, 4) is 0 Å². The maximum Gasteiger partial charge on any atom is 0.211 e. The molecule has 0 aliphatic heterocycles. The van der Waals surface area contributed by atoms with Crippen LogP contribution in [0.15, 0.2) is 24.3 Å². The van der Waals surface area contributed by atoms with Crippen LogP contribution in [0, 0.1) is 0 Å². The molecule has 0 bridgehead atoms. The molecule has 6 heteroatoms. The molecule has 0 aromatic heterocycles. The monoisotopic (exact) mass is 277 g/mol. The van der Waals surface area contributed by atoms with Crippen LogP contribution in [0.1, 0.15) is 17.5 Å². The van der Waals surface area contributed by atoms with Gasteiger partial charge < -0.3 is 5.11 Å². The molecule has 0 saturated carbocycles. The molecule has 0 fully saturated rings. The maximum absolute atomic E-state index is 11.5. The highest BCUT2D eigenvalue weighted by Crippen LogP contribution is 2.05. The molecule has 0 atom stereocenters. The highest BCUT2D eigenvalue weighted by molar-refractivity contribution is 7.89. The molecule has 1 rings (SSSR count). The lowest BCUT2D eigenvalue weighted by Crippen LogP contribution is -2.26. The summed E-state index contributed by atoms with van der Waals surface area (Å²) in [5.74, 6) is 0.372.